The van der Waals surface area contributed by atoms with E-state index in [1.807, 2.05) is 6.20 Å². The minimum absolute atomic E-state index is 0.197. The second kappa shape index (κ2) is 5.31. The SMILES string of the molecule is CCNC(C)c1ncc(C(C)C(C)C)o1. The van der Waals surface area contributed by atoms with Gasteiger partial charge in [-0.05, 0) is 19.4 Å². The standard InChI is InChI=1S/C12H22N2O/c1-6-13-10(5)12-14-7-11(15-12)9(4)8(2)3/h7-10,13H,6H2,1-5H3. The first kappa shape index (κ1) is 12.2. The summed E-state index contributed by atoms with van der Waals surface area (Å²) in [6, 6.07) is 0.197. The first-order valence-corrected chi connectivity index (χ1v) is 5.75. The molecule has 0 fully saturated rings. The number of hydrogen-bond acceptors (Lipinski definition) is 3. The molecule has 0 radical (unpaired) electrons. The van der Waals surface area contributed by atoms with E-state index in [0.29, 0.717) is 11.8 Å². The molecule has 1 aromatic rings. The van der Waals surface area contributed by atoms with Crippen molar-refractivity contribution in [3.63, 3.8) is 0 Å². The zero-order valence-corrected chi connectivity index (χ0v) is 10.4. The third kappa shape index (κ3) is 3.06. The monoisotopic (exact) mass is 210 g/mol. The third-order valence-electron chi connectivity index (χ3n) is 2.87. The van der Waals surface area contributed by atoms with Crippen molar-refractivity contribution >= 4 is 0 Å². The highest BCUT2D eigenvalue weighted by Gasteiger charge is 2.17. The Morgan fingerprint density at radius 2 is 2.00 bits per heavy atom. The predicted octanol–water partition coefficient (Wildman–Crippen LogP) is 3.10. The topological polar surface area (TPSA) is 38.1 Å². The molecule has 3 heteroatoms. The molecule has 86 valence electrons. The van der Waals surface area contributed by atoms with Crippen LogP contribution < -0.4 is 5.32 Å². The molecule has 0 aromatic carbocycles. The van der Waals surface area contributed by atoms with Crippen LogP contribution in [0.1, 0.15) is 58.2 Å². The number of hydrogen-bond donors (Lipinski definition) is 1. The van der Waals surface area contributed by atoms with Gasteiger partial charge in [-0.25, -0.2) is 4.98 Å². The number of nitrogens with one attached hydrogen (secondary N) is 1. The van der Waals surface area contributed by atoms with Crippen LogP contribution in [0.2, 0.25) is 0 Å². The fourth-order valence-electron chi connectivity index (χ4n) is 1.43. The number of aromatic nitrogens is 1. The van der Waals surface area contributed by atoms with Gasteiger partial charge in [0.15, 0.2) is 0 Å². The highest BCUT2D eigenvalue weighted by molar-refractivity contribution is 5.03. The molecule has 3 nitrogen and oxygen atoms in total. The molecule has 0 bridgehead atoms. The van der Waals surface area contributed by atoms with Crippen LogP contribution >= 0.6 is 0 Å². The van der Waals surface area contributed by atoms with E-state index in [0.717, 1.165) is 18.2 Å². The summed E-state index contributed by atoms with van der Waals surface area (Å²) in [7, 11) is 0. The molecule has 0 saturated carbocycles. The number of rotatable bonds is 5. The summed E-state index contributed by atoms with van der Waals surface area (Å²) in [5, 5.41) is 3.29. The van der Waals surface area contributed by atoms with Crippen molar-refractivity contribution in [3.05, 3.63) is 17.8 Å². The maximum atomic E-state index is 5.75. The molecule has 2 unspecified atom stereocenters. The van der Waals surface area contributed by atoms with Gasteiger partial charge in [-0.3, -0.25) is 0 Å². The van der Waals surface area contributed by atoms with Crippen LogP contribution in [0.5, 0.6) is 0 Å². The van der Waals surface area contributed by atoms with Crippen molar-refractivity contribution in [2.75, 3.05) is 6.54 Å². The largest absolute Gasteiger partial charge is 0.444 e. The fourth-order valence-corrected chi connectivity index (χ4v) is 1.43. The van der Waals surface area contributed by atoms with Gasteiger partial charge in [0.05, 0.1) is 12.2 Å². The van der Waals surface area contributed by atoms with Crippen molar-refractivity contribution in [1.29, 1.82) is 0 Å². The molecule has 0 aliphatic rings. The first-order valence-electron chi connectivity index (χ1n) is 5.75. The fraction of sp³-hybridized carbons (Fsp3) is 0.750. The highest BCUT2D eigenvalue weighted by Crippen LogP contribution is 2.25. The lowest BCUT2D eigenvalue weighted by atomic mass is 9.96. The lowest BCUT2D eigenvalue weighted by Crippen LogP contribution is -2.17. The van der Waals surface area contributed by atoms with E-state index in [9.17, 15) is 0 Å². The van der Waals surface area contributed by atoms with E-state index in [4.69, 9.17) is 4.42 Å². The molecule has 1 aromatic heterocycles. The van der Waals surface area contributed by atoms with Gasteiger partial charge in [0.1, 0.15) is 5.76 Å². The van der Waals surface area contributed by atoms with E-state index in [-0.39, 0.29) is 6.04 Å². The Balaban J connectivity index is 2.71. The van der Waals surface area contributed by atoms with E-state index in [1.54, 1.807) is 0 Å². The summed E-state index contributed by atoms with van der Waals surface area (Å²) >= 11 is 0. The van der Waals surface area contributed by atoms with Gasteiger partial charge in [-0.2, -0.15) is 0 Å². The summed E-state index contributed by atoms with van der Waals surface area (Å²) in [6.45, 7) is 11.6. The summed E-state index contributed by atoms with van der Waals surface area (Å²) in [5.74, 6) is 2.80. The molecule has 0 spiro atoms. The molecule has 2 atom stereocenters. The normalized spacial score (nSPS) is 15.6. The van der Waals surface area contributed by atoms with Crippen LogP contribution in [0.3, 0.4) is 0 Å². The number of oxazole rings is 1. The van der Waals surface area contributed by atoms with Gasteiger partial charge in [-0.15, -0.1) is 0 Å². The molecule has 0 saturated heterocycles. The van der Waals surface area contributed by atoms with Gasteiger partial charge in [-0.1, -0.05) is 27.7 Å². The van der Waals surface area contributed by atoms with Crippen LogP contribution in [0.25, 0.3) is 0 Å². The molecule has 0 aliphatic carbocycles. The Morgan fingerprint density at radius 1 is 1.33 bits per heavy atom. The summed E-state index contributed by atoms with van der Waals surface area (Å²) in [5.41, 5.74) is 0. The van der Waals surface area contributed by atoms with E-state index >= 15 is 0 Å². The second-order valence-corrected chi connectivity index (χ2v) is 4.41. The Kier molecular flexibility index (Phi) is 4.33. The molecule has 0 amide bonds. The van der Waals surface area contributed by atoms with Crippen molar-refractivity contribution in [2.24, 2.45) is 5.92 Å². The van der Waals surface area contributed by atoms with E-state index in [1.165, 1.54) is 0 Å². The molecular formula is C12H22N2O. The lowest BCUT2D eigenvalue weighted by molar-refractivity contribution is 0.361. The van der Waals surface area contributed by atoms with Gasteiger partial charge in [0.25, 0.3) is 0 Å². The van der Waals surface area contributed by atoms with E-state index in [2.05, 4.69) is 44.9 Å². The summed E-state index contributed by atoms with van der Waals surface area (Å²) in [4.78, 5) is 4.31. The Hall–Kier alpha value is -0.830. The van der Waals surface area contributed by atoms with Crippen LogP contribution in [-0.4, -0.2) is 11.5 Å². The molecule has 1 heterocycles. The molecule has 1 rings (SSSR count). The lowest BCUT2D eigenvalue weighted by Gasteiger charge is -2.12. The van der Waals surface area contributed by atoms with Gasteiger partial charge < -0.3 is 9.73 Å². The maximum absolute atomic E-state index is 5.75. The minimum atomic E-state index is 0.197. The Bertz CT molecular complexity index is 294. The molecule has 0 aliphatic heterocycles. The predicted molar refractivity (Wildman–Crippen MR) is 61.8 cm³/mol. The Labute approximate surface area is 92.3 Å². The quantitative estimate of drug-likeness (QED) is 0.811. The Morgan fingerprint density at radius 3 is 2.53 bits per heavy atom. The van der Waals surface area contributed by atoms with Crippen LogP contribution in [0.15, 0.2) is 10.6 Å². The van der Waals surface area contributed by atoms with Crippen LogP contribution in [-0.2, 0) is 0 Å². The van der Waals surface area contributed by atoms with Crippen molar-refractivity contribution in [1.82, 2.24) is 10.3 Å². The van der Waals surface area contributed by atoms with Gasteiger partial charge in [0.2, 0.25) is 5.89 Å². The van der Waals surface area contributed by atoms with Crippen LogP contribution in [0.4, 0.5) is 0 Å². The maximum Gasteiger partial charge on any atom is 0.211 e. The van der Waals surface area contributed by atoms with E-state index < -0.39 is 0 Å². The molecule has 15 heavy (non-hydrogen) atoms. The van der Waals surface area contributed by atoms with Gasteiger partial charge in [0, 0.05) is 5.92 Å². The minimum Gasteiger partial charge on any atom is -0.444 e. The van der Waals surface area contributed by atoms with Crippen molar-refractivity contribution < 1.29 is 4.42 Å². The third-order valence-corrected chi connectivity index (χ3v) is 2.87. The summed E-state index contributed by atoms with van der Waals surface area (Å²) in [6.07, 6.45) is 1.86. The van der Waals surface area contributed by atoms with Crippen LogP contribution in [0, 0.1) is 5.92 Å². The first-order chi connectivity index (χ1) is 7.06. The second-order valence-electron chi connectivity index (χ2n) is 4.41. The zero-order valence-electron chi connectivity index (χ0n) is 10.4. The summed E-state index contributed by atoms with van der Waals surface area (Å²) < 4.78 is 5.75. The number of nitrogens with zero attached hydrogens (tertiary/aromatic N) is 1. The molecule has 1 N–H and O–H groups in total. The zero-order chi connectivity index (χ0) is 11.4. The van der Waals surface area contributed by atoms with Crippen molar-refractivity contribution in [2.45, 2.75) is 46.6 Å². The van der Waals surface area contributed by atoms with Crippen molar-refractivity contribution in [3.8, 4) is 0 Å². The average Bonchev–Trinajstić information content (AvgIpc) is 2.65. The van der Waals surface area contributed by atoms with Gasteiger partial charge >= 0.3 is 0 Å². The highest BCUT2D eigenvalue weighted by atomic mass is 16.4. The molecular weight excluding hydrogens is 188 g/mol. The smallest absolute Gasteiger partial charge is 0.211 e. The average molecular weight is 210 g/mol.